The number of nitrogens with zero attached hydrogens (tertiary/aromatic N) is 3. The van der Waals surface area contributed by atoms with Crippen molar-refractivity contribution < 1.29 is 4.79 Å². The van der Waals surface area contributed by atoms with E-state index in [4.69, 9.17) is 16.6 Å². The molecular weight excluding hydrogens is 452 g/mol. The Morgan fingerprint density at radius 3 is 2.73 bits per heavy atom. The third-order valence-electron chi connectivity index (χ3n) is 6.29. The van der Waals surface area contributed by atoms with Crippen molar-refractivity contribution in [1.29, 1.82) is 0 Å². The number of hydrogen-bond acceptors (Lipinski definition) is 5. The highest BCUT2D eigenvalue weighted by Crippen LogP contribution is 2.33. The molecule has 2 aliphatic rings. The highest BCUT2D eigenvalue weighted by Gasteiger charge is 2.20. The largest absolute Gasteiger partial charge is 0.371 e. The van der Waals surface area contributed by atoms with Crippen LogP contribution in [0.3, 0.4) is 0 Å². The highest BCUT2D eigenvalue weighted by molar-refractivity contribution is 7.11. The summed E-state index contributed by atoms with van der Waals surface area (Å²) in [5, 5.41) is 4.61. The van der Waals surface area contributed by atoms with Gasteiger partial charge in [0, 0.05) is 53.8 Å². The van der Waals surface area contributed by atoms with Gasteiger partial charge in [0.1, 0.15) is 5.69 Å². The molecule has 1 aromatic heterocycles. The molecule has 170 valence electrons. The second-order valence-corrected chi connectivity index (χ2v) is 10.6. The number of fused-ring (bicyclic) bond motifs is 1. The first-order chi connectivity index (χ1) is 16.0. The minimum Gasteiger partial charge on any atom is -0.371 e. The van der Waals surface area contributed by atoms with Gasteiger partial charge in [0.25, 0.3) is 5.91 Å². The number of halogens is 1. The Balaban J connectivity index is 1.26. The summed E-state index contributed by atoms with van der Waals surface area (Å²) < 4.78 is 0. The topological polar surface area (TPSA) is 57.6 Å². The molecule has 1 N–H and O–H groups in total. The van der Waals surface area contributed by atoms with Crippen LogP contribution < -0.4 is 10.2 Å². The summed E-state index contributed by atoms with van der Waals surface area (Å²) in [5.74, 6) is -0.141. The monoisotopic (exact) mass is 478 g/mol. The molecule has 3 heterocycles. The predicted molar refractivity (Wildman–Crippen MR) is 137 cm³/mol. The zero-order valence-electron chi connectivity index (χ0n) is 18.9. The van der Waals surface area contributed by atoms with Crippen LogP contribution >= 0.6 is 22.9 Å². The van der Waals surface area contributed by atoms with Crippen molar-refractivity contribution in [2.24, 2.45) is 4.99 Å². The summed E-state index contributed by atoms with van der Waals surface area (Å²) >= 11 is 8.06. The van der Waals surface area contributed by atoms with Gasteiger partial charge in [-0.1, -0.05) is 29.8 Å². The fourth-order valence-electron chi connectivity index (χ4n) is 4.61. The van der Waals surface area contributed by atoms with Crippen LogP contribution in [0.15, 0.2) is 41.4 Å². The molecule has 0 saturated carbocycles. The van der Waals surface area contributed by atoms with Crippen LogP contribution in [0, 0.1) is 13.8 Å². The first-order valence-corrected chi connectivity index (χ1v) is 12.6. The number of benzene rings is 2. The SMILES string of the molecule is Cc1nc(C(=O)NCc2ccc(Cl)c(CC3=Nc4cc(N5CCCC5)ccc4C3)c2)c(C)s1. The average Bonchev–Trinajstić information content (AvgIpc) is 3.53. The molecule has 1 saturated heterocycles. The number of amides is 1. The van der Waals surface area contributed by atoms with Crippen molar-refractivity contribution in [2.75, 3.05) is 18.0 Å². The van der Waals surface area contributed by atoms with Crippen LogP contribution in [-0.2, 0) is 19.4 Å². The summed E-state index contributed by atoms with van der Waals surface area (Å²) in [5.41, 5.74) is 7.33. The number of rotatable bonds is 6. The number of hydrogen-bond donors (Lipinski definition) is 1. The number of carbonyl (C=O) groups excluding carboxylic acids is 1. The Bertz CT molecular complexity index is 1240. The lowest BCUT2D eigenvalue weighted by molar-refractivity contribution is 0.0946. The van der Waals surface area contributed by atoms with E-state index in [1.54, 1.807) is 0 Å². The zero-order valence-corrected chi connectivity index (χ0v) is 20.5. The smallest absolute Gasteiger partial charge is 0.271 e. The number of nitrogens with one attached hydrogen (secondary N) is 1. The van der Waals surface area contributed by atoms with E-state index in [0.717, 1.165) is 56.9 Å². The van der Waals surface area contributed by atoms with Gasteiger partial charge in [-0.2, -0.15) is 0 Å². The Morgan fingerprint density at radius 2 is 1.97 bits per heavy atom. The quantitative estimate of drug-likeness (QED) is 0.486. The molecule has 33 heavy (non-hydrogen) atoms. The van der Waals surface area contributed by atoms with Gasteiger partial charge >= 0.3 is 0 Å². The van der Waals surface area contributed by atoms with Crippen LogP contribution in [0.1, 0.15) is 49.9 Å². The predicted octanol–water partition coefficient (Wildman–Crippen LogP) is 5.81. The number of aromatic nitrogens is 1. The van der Waals surface area contributed by atoms with Gasteiger partial charge in [-0.05, 0) is 61.6 Å². The number of anilines is 1. The second-order valence-electron chi connectivity index (χ2n) is 8.78. The van der Waals surface area contributed by atoms with Crippen molar-refractivity contribution in [3.05, 3.63) is 73.7 Å². The Morgan fingerprint density at radius 1 is 1.15 bits per heavy atom. The molecule has 3 aromatic rings. The van der Waals surface area contributed by atoms with E-state index in [9.17, 15) is 4.79 Å². The lowest BCUT2D eigenvalue weighted by Crippen LogP contribution is -2.24. The molecule has 5 nitrogen and oxygen atoms in total. The zero-order chi connectivity index (χ0) is 22.9. The van der Waals surface area contributed by atoms with Crippen molar-refractivity contribution >= 4 is 45.9 Å². The van der Waals surface area contributed by atoms with Crippen molar-refractivity contribution in [1.82, 2.24) is 10.3 Å². The maximum atomic E-state index is 12.5. The molecule has 1 amide bonds. The normalized spacial score (nSPS) is 15.0. The number of carbonyl (C=O) groups is 1. The van der Waals surface area contributed by atoms with Gasteiger partial charge in [-0.3, -0.25) is 9.79 Å². The van der Waals surface area contributed by atoms with Gasteiger partial charge in [0.2, 0.25) is 0 Å². The van der Waals surface area contributed by atoms with E-state index in [1.807, 2.05) is 26.0 Å². The van der Waals surface area contributed by atoms with Gasteiger partial charge in [0.15, 0.2) is 0 Å². The van der Waals surface area contributed by atoms with Gasteiger partial charge in [-0.15, -0.1) is 11.3 Å². The van der Waals surface area contributed by atoms with E-state index in [1.165, 1.54) is 35.4 Å². The lowest BCUT2D eigenvalue weighted by atomic mass is 10.0. The van der Waals surface area contributed by atoms with E-state index < -0.39 is 0 Å². The van der Waals surface area contributed by atoms with E-state index in [0.29, 0.717) is 18.7 Å². The summed E-state index contributed by atoms with van der Waals surface area (Å²) in [6.45, 7) is 6.54. The molecule has 2 aromatic carbocycles. The van der Waals surface area contributed by atoms with Gasteiger partial charge in [-0.25, -0.2) is 4.98 Å². The molecule has 0 aliphatic carbocycles. The van der Waals surface area contributed by atoms with Crippen LogP contribution in [0.4, 0.5) is 11.4 Å². The number of aliphatic imine (C=N–C) groups is 1. The first-order valence-electron chi connectivity index (χ1n) is 11.4. The summed E-state index contributed by atoms with van der Waals surface area (Å²) in [6, 6.07) is 12.6. The maximum Gasteiger partial charge on any atom is 0.271 e. The Labute approximate surface area is 203 Å². The average molecular weight is 479 g/mol. The van der Waals surface area contributed by atoms with Crippen molar-refractivity contribution in [3.63, 3.8) is 0 Å². The van der Waals surface area contributed by atoms with Gasteiger partial charge in [0.05, 0.1) is 10.7 Å². The molecule has 0 atom stereocenters. The third-order valence-corrected chi connectivity index (χ3v) is 7.54. The molecule has 5 rings (SSSR count). The summed E-state index contributed by atoms with van der Waals surface area (Å²) in [4.78, 5) is 25.2. The number of aryl methyl sites for hydroxylation is 2. The molecule has 1 fully saturated rings. The van der Waals surface area contributed by atoms with Crippen LogP contribution in [0.5, 0.6) is 0 Å². The number of thiazole rings is 1. The molecular formula is C26H27ClN4OS. The first kappa shape index (κ1) is 22.1. The van der Waals surface area contributed by atoms with E-state index in [-0.39, 0.29) is 5.91 Å². The molecule has 0 bridgehead atoms. The molecule has 0 spiro atoms. The highest BCUT2D eigenvalue weighted by atomic mass is 35.5. The minimum absolute atomic E-state index is 0.141. The minimum atomic E-state index is -0.141. The molecule has 0 unspecified atom stereocenters. The van der Waals surface area contributed by atoms with Gasteiger partial charge < -0.3 is 10.2 Å². The van der Waals surface area contributed by atoms with Crippen molar-refractivity contribution in [2.45, 2.75) is 46.1 Å². The third kappa shape index (κ3) is 4.82. The molecule has 2 aliphatic heterocycles. The standard InChI is InChI=1S/C26H27ClN4OS/c1-16-25(29-17(2)33-16)26(32)28-15-18-5-8-23(27)20(11-18)13-21-12-19-6-7-22(14-24(19)30-21)31-9-3-4-10-31/h5-8,11,14H,3-4,9-10,12-13,15H2,1-2H3,(H,28,32). The fourth-order valence-corrected chi connectivity index (χ4v) is 5.61. The molecule has 0 radical (unpaired) electrons. The second kappa shape index (κ2) is 9.27. The Hall–Kier alpha value is -2.70. The van der Waals surface area contributed by atoms with Crippen LogP contribution in [0.2, 0.25) is 5.02 Å². The molecule has 7 heteroatoms. The van der Waals surface area contributed by atoms with Crippen LogP contribution in [0.25, 0.3) is 0 Å². The van der Waals surface area contributed by atoms with Crippen molar-refractivity contribution in [3.8, 4) is 0 Å². The van der Waals surface area contributed by atoms with Crippen LogP contribution in [-0.4, -0.2) is 29.7 Å². The fraction of sp³-hybridized carbons (Fsp3) is 0.346. The van der Waals surface area contributed by atoms with E-state index in [2.05, 4.69) is 39.5 Å². The summed E-state index contributed by atoms with van der Waals surface area (Å²) in [7, 11) is 0. The van der Waals surface area contributed by atoms with E-state index >= 15 is 0 Å². The maximum absolute atomic E-state index is 12.5. The Kier molecular flexibility index (Phi) is 6.21. The lowest BCUT2D eigenvalue weighted by Gasteiger charge is -2.17. The summed E-state index contributed by atoms with van der Waals surface area (Å²) in [6.07, 6.45) is 4.10.